The highest BCUT2D eigenvalue weighted by Crippen LogP contribution is 2.10. The summed E-state index contributed by atoms with van der Waals surface area (Å²) >= 11 is 0. The highest BCUT2D eigenvalue weighted by atomic mass is 16.5. The van der Waals surface area contributed by atoms with Gasteiger partial charge in [0.2, 0.25) is 0 Å². The van der Waals surface area contributed by atoms with Crippen LogP contribution in [0, 0.1) is 5.92 Å². The van der Waals surface area contributed by atoms with Crippen LogP contribution in [0.4, 0.5) is 0 Å². The van der Waals surface area contributed by atoms with Crippen molar-refractivity contribution in [2.75, 3.05) is 7.11 Å². The number of esters is 1. The van der Waals surface area contributed by atoms with Gasteiger partial charge in [0.05, 0.1) is 13.5 Å². The molecule has 0 aromatic heterocycles. The number of hydrogen-bond acceptors (Lipinski definition) is 3. The number of carbonyl (C=O) groups excluding carboxylic acids is 2. The van der Waals surface area contributed by atoms with Crippen LogP contribution in [0.2, 0.25) is 0 Å². The molecule has 0 aliphatic rings. The second-order valence-corrected chi connectivity index (χ2v) is 4.13. The minimum Gasteiger partial charge on any atom is -0.469 e. The van der Waals surface area contributed by atoms with E-state index in [1.807, 2.05) is 30.3 Å². The van der Waals surface area contributed by atoms with Gasteiger partial charge in [0, 0.05) is 12.3 Å². The Morgan fingerprint density at radius 2 is 1.88 bits per heavy atom. The number of methoxy groups -OCH3 is 1. The first-order chi connectivity index (χ1) is 8.13. The summed E-state index contributed by atoms with van der Waals surface area (Å²) in [6.45, 7) is 1.77. The van der Waals surface area contributed by atoms with E-state index in [2.05, 4.69) is 4.74 Å². The van der Waals surface area contributed by atoms with Crippen molar-refractivity contribution in [2.45, 2.75) is 26.2 Å². The van der Waals surface area contributed by atoms with Crippen LogP contribution in [0.1, 0.15) is 25.3 Å². The molecule has 0 bridgehead atoms. The summed E-state index contributed by atoms with van der Waals surface area (Å²) in [6, 6.07) is 9.86. The van der Waals surface area contributed by atoms with Gasteiger partial charge in [-0.05, 0) is 12.0 Å². The average Bonchev–Trinajstić information content (AvgIpc) is 2.36. The summed E-state index contributed by atoms with van der Waals surface area (Å²) in [7, 11) is 1.34. The molecular formula is C14H18O3. The molecule has 0 fully saturated rings. The fourth-order valence-corrected chi connectivity index (χ4v) is 1.61. The summed E-state index contributed by atoms with van der Waals surface area (Å²) in [5.74, 6) is -0.476. The second-order valence-electron chi connectivity index (χ2n) is 4.13. The van der Waals surface area contributed by atoms with Crippen LogP contribution in [0.3, 0.4) is 0 Å². The van der Waals surface area contributed by atoms with Gasteiger partial charge >= 0.3 is 5.97 Å². The molecule has 0 aliphatic carbocycles. The van der Waals surface area contributed by atoms with Gasteiger partial charge in [-0.3, -0.25) is 9.59 Å². The zero-order valence-electron chi connectivity index (χ0n) is 10.3. The number of hydrogen-bond donors (Lipinski definition) is 0. The molecule has 17 heavy (non-hydrogen) atoms. The Labute approximate surface area is 102 Å². The van der Waals surface area contributed by atoms with E-state index in [4.69, 9.17) is 0 Å². The molecule has 0 aliphatic heterocycles. The van der Waals surface area contributed by atoms with Crippen molar-refractivity contribution in [3.63, 3.8) is 0 Å². The van der Waals surface area contributed by atoms with E-state index in [1.165, 1.54) is 7.11 Å². The maximum absolute atomic E-state index is 11.8. The second kappa shape index (κ2) is 6.84. The normalized spacial score (nSPS) is 11.9. The summed E-state index contributed by atoms with van der Waals surface area (Å²) in [5.41, 5.74) is 1.14. The highest BCUT2D eigenvalue weighted by Gasteiger charge is 2.16. The molecule has 1 aromatic rings. The van der Waals surface area contributed by atoms with Crippen LogP contribution in [0.5, 0.6) is 0 Å². The van der Waals surface area contributed by atoms with Crippen molar-refractivity contribution in [3.8, 4) is 0 Å². The molecule has 0 saturated carbocycles. The molecule has 0 radical (unpaired) electrons. The molecule has 1 unspecified atom stereocenters. The van der Waals surface area contributed by atoms with E-state index in [1.54, 1.807) is 6.92 Å². The fourth-order valence-electron chi connectivity index (χ4n) is 1.61. The molecule has 3 nitrogen and oxygen atoms in total. The molecule has 1 atom stereocenters. The molecule has 0 amide bonds. The lowest BCUT2D eigenvalue weighted by molar-refractivity contribution is -0.143. The van der Waals surface area contributed by atoms with Gasteiger partial charge in [-0.15, -0.1) is 0 Å². The van der Waals surface area contributed by atoms with Crippen molar-refractivity contribution in [2.24, 2.45) is 5.92 Å². The monoisotopic (exact) mass is 234 g/mol. The van der Waals surface area contributed by atoms with Gasteiger partial charge in [-0.2, -0.15) is 0 Å². The minimum atomic E-state index is -0.328. The molecule has 3 heteroatoms. The smallest absolute Gasteiger partial charge is 0.306 e. The van der Waals surface area contributed by atoms with Crippen LogP contribution < -0.4 is 0 Å². The first-order valence-corrected chi connectivity index (χ1v) is 5.77. The Hall–Kier alpha value is -1.64. The molecular weight excluding hydrogens is 216 g/mol. The summed E-state index contributed by atoms with van der Waals surface area (Å²) < 4.78 is 4.54. The van der Waals surface area contributed by atoms with Gasteiger partial charge in [-0.25, -0.2) is 0 Å². The first-order valence-electron chi connectivity index (χ1n) is 5.77. The summed E-state index contributed by atoms with van der Waals surface area (Å²) in [6.07, 6.45) is 1.37. The number of benzene rings is 1. The van der Waals surface area contributed by atoms with Crippen LogP contribution in [-0.2, 0) is 20.7 Å². The standard InChI is InChI=1S/C14H18O3/c1-11(10-14(16)17-2)13(15)9-8-12-6-4-3-5-7-12/h3-7,11H,8-10H2,1-2H3. The highest BCUT2D eigenvalue weighted by molar-refractivity contribution is 5.85. The number of ketones is 1. The quantitative estimate of drug-likeness (QED) is 0.710. The fraction of sp³-hybridized carbons (Fsp3) is 0.429. The molecule has 0 N–H and O–H groups in total. The Balaban J connectivity index is 2.37. The Bertz CT molecular complexity index is 370. The number of aryl methyl sites for hydroxylation is 1. The lowest BCUT2D eigenvalue weighted by atomic mass is 9.97. The predicted molar refractivity (Wildman–Crippen MR) is 65.6 cm³/mol. The Kier molecular flexibility index (Phi) is 5.40. The van der Waals surface area contributed by atoms with Crippen LogP contribution in [0.25, 0.3) is 0 Å². The summed E-state index contributed by atoms with van der Waals surface area (Å²) in [5, 5.41) is 0. The maximum atomic E-state index is 11.8. The predicted octanol–water partition coefficient (Wildman–Crippen LogP) is 2.39. The number of Topliss-reactive ketones (excluding diaryl/α,β-unsaturated/α-hetero) is 1. The largest absolute Gasteiger partial charge is 0.469 e. The van der Waals surface area contributed by atoms with E-state index in [0.717, 1.165) is 12.0 Å². The minimum absolute atomic E-state index is 0.110. The zero-order valence-corrected chi connectivity index (χ0v) is 10.3. The molecule has 1 rings (SSSR count). The van der Waals surface area contributed by atoms with Crippen molar-refractivity contribution in [1.29, 1.82) is 0 Å². The van der Waals surface area contributed by atoms with Crippen molar-refractivity contribution in [1.82, 2.24) is 0 Å². The third-order valence-electron chi connectivity index (χ3n) is 2.75. The van der Waals surface area contributed by atoms with Gasteiger partial charge < -0.3 is 4.74 Å². The molecule has 0 spiro atoms. The van der Waals surface area contributed by atoms with E-state index in [9.17, 15) is 9.59 Å². The van der Waals surface area contributed by atoms with Crippen molar-refractivity contribution >= 4 is 11.8 Å². The SMILES string of the molecule is COC(=O)CC(C)C(=O)CCc1ccccc1. The number of rotatable bonds is 6. The van der Waals surface area contributed by atoms with Gasteiger partial charge in [0.15, 0.2) is 0 Å². The van der Waals surface area contributed by atoms with Crippen molar-refractivity contribution < 1.29 is 14.3 Å². The van der Waals surface area contributed by atoms with E-state index >= 15 is 0 Å². The molecule has 92 valence electrons. The average molecular weight is 234 g/mol. The number of carbonyl (C=O) groups is 2. The number of ether oxygens (including phenoxy) is 1. The van der Waals surface area contributed by atoms with E-state index in [-0.39, 0.29) is 24.1 Å². The lowest BCUT2D eigenvalue weighted by Gasteiger charge is -2.08. The van der Waals surface area contributed by atoms with E-state index < -0.39 is 0 Å². The topological polar surface area (TPSA) is 43.4 Å². The van der Waals surface area contributed by atoms with Crippen molar-refractivity contribution in [3.05, 3.63) is 35.9 Å². The van der Waals surface area contributed by atoms with Crippen LogP contribution in [0.15, 0.2) is 30.3 Å². The Morgan fingerprint density at radius 1 is 1.24 bits per heavy atom. The lowest BCUT2D eigenvalue weighted by Crippen LogP contribution is -2.16. The summed E-state index contributed by atoms with van der Waals surface area (Å²) in [4.78, 5) is 22.8. The van der Waals surface area contributed by atoms with Crippen LogP contribution in [-0.4, -0.2) is 18.9 Å². The molecule has 0 saturated heterocycles. The first kappa shape index (κ1) is 13.4. The van der Waals surface area contributed by atoms with E-state index in [0.29, 0.717) is 6.42 Å². The van der Waals surface area contributed by atoms with Gasteiger partial charge in [0.25, 0.3) is 0 Å². The molecule has 1 aromatic carbocycles. The van der Waals surface area contributed by atoms with Crippen LogP contribution >= 0.6 is 0 Å². The zero-order chi connectivity index (χ0) is 12.7. The maximum Gasteiger partial charge on any atom is 0.306 e. The molecule has 0 heterocycles. The third kappa shape index (κ3) is 4.81. The van der Waals surface area contributed by atoms with Gasteiger partial charge in [-0.1, -0.05) is 37.3 Å². The third-order valence-corrected chi connectivity index (χ3v) is 2.75. The van der Waals surface area contributed by atoms with Gasteiger partial charge in [0.1, 0.15) is 5.78 Å². The Morgan fingerprint density at radius 3 is 2.47 bits per heavy atom.